The van der Waals surface area contributed by atoms with Crippen LogP contribution in [-0.4, -0.2) is 44.6 Å². The van der Waals surface area contributed by atoms with Crippen molar-refractivity contribution >= 4 is 17.0 Å². The Morgan fingerprint density at radius 3 is 2.58 bits per heavy atom. The van der Waals surface area contributed by atoms with Crippen molar-refractivity contribution in [2.24, 2.45) is 5.92 Å². The Hall–Kier alpha value is -4.17. The summed E-state index contributed by atoms with van der Waals surface area (Å²) in [5, 5.41) is 0. The number of aromatic nitrogens is 4. The number of nitrogens with zero attached hydrogens (tertiary/aromatic N) is 5. The van der Waals surface area contributed by atoms with E-state index in [4.69, 9.17) is 10.5 Å². The Bertz CT molecular complexity index is 1500. The van der Waals surface area contributed by atoms with Gasteiger partial charge in [0.25, 0.3) is 0 Å². The molecular weight excluding hydrogens is 476 g/mol. The van der Waals surface area contributed by atoms with Crippen molar-refractivity contribution in [2.45, 2.75) is 31.7 Å². The normalized spacial score (nSPS) is 17.9. The van der Waals surface area contributed by atoms with Gasteiger partial charge in [-0.1, -0.05) is 48.9 Å². The second kappa shape index (κ2) is 11.1. The third kappa shape index (κ3) is 5.26. The van der Waals surface area contributed by atoms with Crippen LogP contribution >= 0.6 is 0 Å². The molecule has 1 saturated carbocycles. The van der Waals surface area contributed by atoms with Crippen molar-refractivity contribution in [3.05, 3.63) is 95.7 Å². The summed E-state index contributed by atoms with van der Waals surface area (Å²) in [6.45, 7) is 5.21. The molecule has 4 aromatic rings. The van der Waals surface area contributed by atoms with Crippen LogP contribution in [-0.2, 0) is 0 Å². The molecule has 5 rings (SSSR count). The molecule has 2 aromatic carbocycles. The van der Waals surface area contributed by atoms with Crippen LogP contribution in [0.25, 0.3) is 16.9 Å². The van der Waals surface area contributed by atoms with E-state index in [0.29, 0.717) is 28.5 Å². The lowest BCUT2D eigenvalue weighted by Crippen LogP contribution is -2.30. The molecule has 0 aliphatic heterocycles. The van der Waals surface area contributed by atoms with Gasteiger partial charge in [-0.05, 0) is 75.7 Å². The first-order chi connectivity index (χ1) is 18.4. The molecule has 0 saturated heterocycles. The van der Waals surface area contributed by atoms with Crippen LogP contribution in [0.3, 0.4) is 0 Å². The molecule has 38 heavy (non-hydrogen) atoms. The van der Waals surface area contributed by atoms with E-state index in [9.17, 15) is 4.79 Å². The van der Waals surface area contributed by atoms with Crippen molar-refractivity contribution in [3.8, 4) is 17.2 Å². The van der Waals surface area contributed by atoms with Gasteiger partial charge in [-0.3, -0.25) is 9.13 Å². The van der Waals surface area contributed by atoms with Gasteiger partial charge in [-0.25, -0.2) is 14.8 Å². The molecule has 8 heteroatoms. The molecule has 1 aliphatic rings. The molecule has 0 spiro atoms. The number of likely N-dealkylation sites (N-methyl/N-ethyl adjacent to an activating group) is 1. The zero-order chi connectivity index (χ0) is 26.6. The van der Waals surface area contributed by atoms with Gasteiger partial charge in [-0.2, -0.15) is 0 Å². The highest BCUT2D eigenvalue weighted by atomic mass is 16.5. The fourth-order valence-electron chi connectivity index (χ4n) is 5.21. The van der Waals surface area contributed by atoms with Gasteiger partial charge in [0.2, 0.25) is 0 Å². The molecule has 2 N–H and O–H groups in total. The smallest absolute Gasteiger partial charge is 0.335 e. The first kappa shape index (κ1) is 25.5. The lowest BCUT2D eigenvalue weighted by atomic mass is 9.81. The molecule has 0 radical (unpaired) electrons. The van der Waals surface area contributed by atoms with E-state index >= 15 is 0 Å². The molecule has 0 amide bonds. The number of hydrogen-bond donors (Lipinski definition) is 1. The second-order valence-corrected chi connectivity index (χ2v) is 10.1. The molecule has 8 nitrogen and oxygen atoms in total. The fourth-order valence-corrected chi connectivity index (χ4v) is 5.21. The summed E-state index contributed by atoms with van der Waals surface area (Å²) >= 11 is 0. The fraction of sp³-hybridized carbons (Fsp3) is 0.300. The summed E-state index contributed by atoms with van der Waals surface area (Å²) in [6, 6.07) is 17.0. The van der Waals surface area contributed by atoms with Crippen molar-refractivity contribution < 1.29 is 4.74 Å². The lowest BCUT2D eigenvalue weighted by molar-refractivity contribution is 0.296. The molecular formula is C30H34N6O2. The summed E-state index contributed by atoms with van der Waals surface area (Å²) in [5.41, 5.74) is 9.04. The third-order valence-electron chi connectivity index (χ3n) is 7.09. The predicted molar refractivity (Wildman–Crippen MR) is 152 cm³/mol. The van der Waals surface area contributed by atoms with Gasteiger partial charge in [0.05, 0.1) is 5.69 Å². The minimum Gasteiger partial charge on any atom is -0.457 e. The minimum absolute atomic E-state index is 0.000939. The summed E-state index contributed by atoms with van der Waals surface area (Å²) in [6.07, 6.45) is 9.51. The van der Waals surface area contributed by atoms with Crippen LogP contribution in [0.15, 0.2) is 90.0 Å². The van der Waals surface area contributed by atoms with Crippen LogP contribution in [0.4, 0.5) is 5.82 Å². The molecule has 2 atom stereocenters. The first-order valence-corrected chi connectivity index (χ1v) is 13.0. The molecule has 1 aliphatic carbocycles. The maximum absolute atomic E-state index is 14.0. The Morgan fingerprint density at radius 1 is 1.11 bits per heavy atom. The molecule has 0 bridgehead atoms. The van der Waals surface area contributed by atoms with Gasteiger partial charge in [0, 0.05) is 12.6 Å². The average molecular weight is 511 g/mol. The Morgan fingerprint density at radius 2 is 1.84 bits per heavy atom. The largest absolute Gasteiger partial charge is 0.457 e. The summed E-state index contributed by atoms with van der Waals surface area (Å²) < 4.78 is 9.36. The number of ether oxygens (including phenoxy) is 1. The quantitative estimate of drug-likeness (QED) is 0.321. The maximum Gasteiger partial charge on any atom is 0.335 e. The van der Waals surface area contributed by atoms with Crippen LogP contribution in [0.1, 0.15) is 31.7 Å². The monoisotopic (exact) mass is 510 g/mol. The van der Waals surface area contributed by atoms with Crippen LogP contribution < -0.4 is 16.2 Å². The van der Waals surface area contributed by atoms with Gasteiger partial charge in [0.1, 0.15) is 23.3 Å². The number of anilines is 1. The van der Waals surface area contributed by atoms with Gasteiger partial charge >= 0.3 is 5.69 Å². The third-order valence-corrected chi connectivity index (χ3v) is 7.09. The standard InChI is InChI=1S/C30H34N6O2/c1-21(9-8-18-34(2)3)22-10-7-11-24(19-22)36-29-27(28(31)32-20-33-29)35(30(36)37)23-14-16-26(17-15-23)38-25-12-5-4-6-13-25/h4-6,8-9,12-17,20,22,24H,1,7,10-11,18-19H2,2-3H3,(H2,31,32,33)/t22?,24-/m1/s1. The highest BCUT2D eigenvalue weighted by Crippen LogP contribution is 2.37. The van der Waals surface area contributed by atoms with E-state index in [1.54, 1.807) is 4.57 Å². The van der Waals surface area contributed by atoms with E-state index in [0.717, 1.165) is 43.6 Å². The number of para-hydroxylation sites is 1. The zero-order valence-corrected chi connectivity index (χ0v) is 22.0. The topological polar surface area (TPSA) is 91.2 Å². The van der Waals surface area contributed by atoms with Crippen molar-refractivity contribution in [3.63, 3.8) is 0 Å². The lowest BCUT2D eigenvalue weighted by Gasteiger charge is -2.30. The van der Waals surface area contributed by atoms with Crippen LogP contribution in [0.5, 0.6) is 11.5 Å². The summed E-state index contributed by atoms with van der Waals surface area (Å²) in [7, 11) is 4.09. The molecule has 1 fully saturated rings. The van der Waals surface area contributed by atoms with Gasteiger partial charge < -0.3 is 15.4 Å². The Labute approximate surface area is 222 Å². The van der Waals surface area contributed by atoms with Crippen molar-refractivity contribution in [2.75, 3.05) is 26.4 Å². The summed E-state index contributed by atoms with van der Waals surface area (Å²) in [4.78, 5) is 24.8. The SMILES string of the molecule is C=C(C=CCN(C)C)C1CCC[C@@H](n2c(=O)n(-c3ccc(Oc4ccccc4)cc3)c3c(N)ncnc32)C1. The van der Waals surface area contributed by atoms with Crippen molar-refractivity contribution in [1.29, 1.82) is 0 Å². The number of nitrogens with two attached hydrogens (primary N) is 1. The molecule has 196 valence electrons. The number of hydrogen-bond acceptors (Lipinski definition) is 6. The van der Waals surface area contributed by atoms with Gasteiger partial charge in [-0.15, -0.1) is 0 Å². The first-order valence-electron chi connectivity index (χ1n) is 13.0. The molecule has 1 unspecified atom stereocenters. The molecule has 2 aromatic heterocycles. The maximum atomic E-state index is 14.0. The zero-order valence-electron chi connectivity index (χ0n) is 22.0. The van der Waals surface area contributed by atoms with E-state index in [1.165, 1.54) is 6.33 Å². The van der Waals surface area contributed by atoms with E-state index in [-0.39, 0.29) is 17.5 Å². The van der Waals surface area contributed by atoms with E-state index < -0.39 is 0 Å². The molecule has 2 heterocycles. The Kier molecular flexibility index (Phi) is 7.42. The Balaban J connectivity index is 1.47. The number of imidazole rings is 1. The highest BCUT2D eigenvalue weighted by molar-refractivity contribution is 5.84. The highest BCUT2D eigenvalue weighted by Gasteiger charge is 2.29. The predicted octanol–water partition coefficient (Wildman–Crippen LogP) is 5.36. The van der Waals surface area contributed by atoms with E-state index in [2.05, 4.69) is 33.6 Å². The minimum atomic E-state index is -0.164. The van der Waals surface area contributed by atoms with Gasteiger partial charge in [0.15, 0.2) is 11.5 Å². The van der Waals surface area contributed by atoms with E-state index in [1.807, 2.05) is 73.3 Å². The summed E-state index contributed by atoms with van der Waals surface area (Å²) in [5.74, 6) is 2.01. The number of rotatable bonds is 8. The number of benzene rings is 2. The number of nitrogen functional groups attached to an aromatic ring is 1. The number of fused-ring (bicyclic) bond motifs is 1. The van der Waals surface area contributed by atoms with Crippen molar-refractivity contribution in [1.82, 2.24) is 24.0 Å². The van der Waals surface area contributed by atoms with Crippen LogP contribution in [0, 0.1) is 5.92 Å². The average Bonchev–Trinajstić information content (AvgIpc) is 3.22. The second-order valence-electron chi connectivity index (χ2n) is 10.1. The van der Waals surface area contributed by atoms with Crippen LogP contribution in [0.2, 0.25) is 0 Å². The number of allylic oxidation sites excluding steroid dienone is 2.